The van der Waals surface area contributed by atoms with Gasteiger partial charge in [0.1, 0.15) is 22.8 Å². The van der Waals surface area contributed by atoms with Crippen LogP contribution in [0.25, 0.3) is 22.6 Å². The number of rotatable bonds is 5. The molecule has 4 aromatic rings. The van der Waals surface area contributed by atoms with E-state index in [9.17, 15) is 4.39 Å². The largest absolute Gasteiger partial charge is 0.384 e. The molecule has 0 saturated carbocycles. The maximum Gasteiger partial charge on any atom is 0.148 e. The maximum atomic E-state index is 14.1. The monoisotopic (exact) mass is 351 g/mol. The predicted octanol–water partition coefficient (Wildman–Crippen LogP) is 3.22. The summed E-state index contributed by atoms with van der Waals surface area (Å²) in [4.78, 5) is 4.56. The highest BCUT2D eigenvalue weighted by molar-refractivity contribution is 5.63. The molecule has 0 saturated heterocycles. The van der Waals surface area contributed by atoms with Crippen LogP contribution in [0.15, 0.2) is 48.8 Å². The fraction of sp³-hybridized carbons (Fsp3) is 0.211. The fourth-order valence-electron chi connectivity index (χ4n) is 2.96. The molecule has 132 valence electrons. The highest BCUT2D eigenvalue weighted by atomic mass is 19.1. The van der Waals surface area contributed by atoms with E-state index in [0.717, 1.165) is 29.0 Å². The third-order valence-electron chi connectivity index (χ3n) is 4.31. The number of benzene rings is 1. The van der Waals surface area contributed by atoms with Gasteiger partial charge in [0.05, 0.1) is 18.0 Å². The molecule has 0 atom stereocenters. The lowest BCUT2D eigenvalue weighted by molar-refractivity contribution is 0.201. The van der Waals surface area contributed by atoms with E-state index in [1.807, 2.05) is 35.9 Å². The van der Waals surface area contributed by atoms with Gasteiger partial charge >= 0.3 is 0 Å². The molecular weight excluding hydrogens is 333 g/mol. The minimum Gasteiger partial charge on any atom is -0.384 e. The molecule has 0 bridgehead atoms. The van der Waals surface area contributed by atoms with Crippen LogP contribution in [0.2, 0.25) is 0 Å². The van der Waals surface area contributed by atoms with Crippen LogP contribution in [-0.2, 0) is 11.2 Å². The number of halogens is 1. The summed E-state index contributed by atoms with van der Waals surface area (Å²) in [5.74, 6) is -0.333. The van der Waals surface area contributed by atoms with Crippen molar-refractivity contribution in [3.63, 3.8) is 0 Å². The normalized spacial score (nSPS) is 11.3. The van der Waals surface area contributed by atoms with Crippen LogP contribution in [0.5, 0.6) is 0 Å². The summed E-state index contributed by atoms with van der Waals surface area (Å²) in [5.41, 5.74) is 4.59. The molecule has 3 heterocycles. The Morgan fingerprint density at radius 1 is 1.12 bits per heavy atom. The minimum atomic E-state index is -0.333. The molecule has 0 spiro atoms. The number of fused-ring (bicyclic) bond motifs is 1. The number of hydrogen-bond donors (Lipinski definition) is 0. The molecule has 0 amide bonds. The van der Waals surface area contributed by atoms with E-state index in [2.05, 4.69) is 15.3 Å². The number of para-hydroxylation sites is 1. The lowest BCUT2D eigenvalue weighted by Crippen LogP contribution is -2.01. The van der Waals surface area contributed by atoms with Crippen molar-refractivity contribution < 1.29 is 9.13 Å². The number of pyridine rings is 1. The number of methoxy groups -OCH3 is 1. The number of aromatic nitrogens is 5. The van der Waals surface area contributed by atoms with Gasteiger partial charge in [-0.2, -0.15) is 0 Å². The zero-order valence-corrected chi connectivity index (χ0v) is 14.6. The second-order valence-corrected chi connectivity index (χ2v) is 6.04. The van der Waals surface area contributed by atoms with Gasteiger partial charge in [-0.3, -0.25) is 0 Å². The van der Waals surface area contributed by atoms with Crippen molar-refractivity contribution in [1.29, 1.82) is 0 Å². The Hall–Kier alpha value is -3.06. The average molecular weight is 351 g/mol. The first kappa shape index (κ1) is 16.4. The second kappa shape index (κ2) is 6.68. The van der Waals surface area contributed by atoms with Crippen molar-refractivity contribution in [3.05, 3.63) is 66.0 Å². The molecule has 4 rings (SSSR count). The summed E-state index contributed by atoms with van der Waals surface area (Å²) < 4.78 is 22.7. The number of hydrogen-bond acceptors (Lipinski definition) is 4. The Labute approximate surface area is 149 Å². The Morgan fingerprint density at radius 3 is 2.77 bits per heavy atom. The van der Waals surface area contributed by atoms with Gasteiger partial charge in [0.25, 0.3) is 0 Å². The third-order valence-corrected chi connectivity index (χ3v) is 4.31. The molecule has 3 aromatic heterocycles. The van der Waals surface area contributed by atoms with Gasteiger partial charge in [0.2, 0.25) is 0 Å². The van der Waals surface area contributed by atoms with Gasteiger partial charge in [0, 0.05) is 31.5 Å². The molecule has 6 nitrogen and oxygen atoms in total. The first-order valence-corrected chi connectivity index (χ1v) is 8.31. The van der Waals surface area contributed by atoms with Crippen LogP contribution >= 0.6 is 0 Å². The maximum absolute atomic E-state index is 14.1. The van der Waals surface area contributed by atoms with E-state index in [4.69, 9.17) is 4.74 Å². The first-order chi connectivity index (χ1) is 12.7. The first-order valence-electron chi connectivity index (χ1n) is 8.31. The summed E-state index contributed by atoms with van der Waals surface area (Å²) in [6.45, 7) is 2.51. The van der Waals surface area contributed by atoms with E-state index >= 15 is 0 Å². The molecule has 0 N–H and O–H groups in total. The fourth-order valence-corrected chi connectivity index (χ4v) is 2.96. The van der Waals surface area contributed by atoms with Gasteiger partial charge in [-0.25, -0.2) is 14.1 Å². The Morgan fingerprint density at radius 2 is 1.96 bits per heavy atom. The topological polar surface area (TPSA) is 57.2 Å². The van der Waals surface area contributed by atoms with E-state index in [0.29, 0.717) is 18.0 Å². The lowest BCUT2D eigenvalue weighted by atomic mass is 10.1. The molecule has 0 aliphatic carbocycles. The Balaban J connectivity index is 1.73. The van der Waals surface area contributed by atoms with Crippen molar-refractivity contribution in [1.82, 2.24) is 24.4 Å². The number of imidazole rings is 1. The van der Waals surface area contributed by atoms with Crippen LogP contribution in [0, 0.1) is 12.7 Å². The van der Waals surface area contributed by atoms with Crippen LogP contribution in [0.3, 0.4) is 0 Å². The van der Waals surface area contributed by atoms with Gasteiger partial charge in [-0.1, -0.05) is 17.3 Å². The van der Waals surface area contributed by atoms with Gasteiger partial charge in [0.15, 0.2) is 0 Å². The molecule has 7 heteroatoms. The standard InChI is InChI=1S/C19H18FN5O/c1-13-19(22-23-25(13)17-6-4-3-5-16(17)20)14-7-8-18-21-15(9-10-26-2)12-24(18)11-14/h3-8,11-12H,9-10H2,1-2H3. The minimum absolute atomic E-state index is 0.333. The molecule has 1 aromatic carbocycles. The molecule has 0 aliphatic heterocycles. The number of ether oxygens (including phenoxy) is 1. The van der Waals surface area contributed by atoms with E-state index in [-0.39, 0.29) is 5.82 Å². The quantitative estimate of drug-likeness (QED) is 0.554. The summed E-state index contributed by atoms with van der Waals surface area (Å²) >= 11 is 0. The van der Waals surface area contributed by atoms with Crippen LogP contribution < -0.4 is 0 Å². The van der Waals surface area contributed by atoms with Gasteiger partial charge in [-0.15, -0.1) is 5.10 Å². The second-order valence-electron chi connectivity index (χ2n) is 6.04. The summed E-state index contributed by atoms with van der Waals surface area (Å²) in [7, 11) is 1.68. The average Bonchev–Trinajstić information content (AvgIpc) is 3.23. The zero-order chi connectivity index (χ0) is 18.1. The molecule has 0 unspecified atom stereocenters. The molecule has 26 heavy (non-hydrogen) atoms. The lowest BCUT2D eigenvalue weighted by Gasteiger charge is -2.05. The Bertz CT molecular complexity index is 1070. The summed E-state index contributed by atoms with van der Waals surface area (Å²) in [6, 6.07) is 10.4. The SMILES string of the molecule is COCCc1cn2cc(-c3nnn(-c4ccccc4F)c3C)ccc2n1. The van der Waals surface area contributed by atoms with Crippen molar-refractivity contribution in [2.75, 3.05) is 13.7 Å². The predicted molar refractivity (Wildman–Crippen MR) is 95.8 cm³/mol. The highest BCUT2D eigenvalue weighted by Gasteiger charge is 2.15. The van der Waals surface area contributed by atoms with E-state index < -0.39 is 0 Å². The molecule has 0 fully saturated rings. The van der Waals surface area contributed by atoms with Gasteiger partial charge < -0.3 is 9.14 Å². The van der Waals surface area contributed by atoms with Crippen molar-refractivity contribution in [3.8, 4) is 16.9 Å². The van der Waals surface area contributed by atoms with Crippen LogP contribution in [-0.4, -0.2) is 38.1 Å². The van der Waals surface area contributed by atoms with Crippen molar-refractivity contribution >= 4 is 5.65 Å². The highest BCUT2D eigenvalue weighted by Crippen LogP contribution is 2.24. The summed E-state index contributed by atoms with van der Waals surface area (Å²) in [5, 5.41) is 8.39. The molecular formula is C19H18FN5O. The van der Waals surface area contributed by atoms with E-state index in [1.54, 1.807) is 25.3 Å². The van der Waals surface area contributed by atoms with Crippen LogP contribution in [0.4, 0.5) is 4.39 Å². The Kier molecular flexibility index (Phi) is 4.22. The third kappa shape index (κ3) is 2.86. The van der Waals surface area contributed by atoms with E-state index in [1.165, 1.54) is 10.7 Å². The smallest absolute Gasteiger partial charge is 0.148 e. The van der Waals surface area contributed by atoms with Crippen molar-refractivity contribution in [2.45, 2.75) is 13.3 Å². The molecule has 0 radical (unpaired) electrons. The number of nitrogens with zero attached hydrogens (tertiary/aromatic N) is 5. The zero-order valence-electron chi connectivity index (χ0n) is 14.6. The van der Waals surface area contributed by atoms with Gasteiger partial charge in [-0.05, 0) is 31.2 Å². The van der Waals surface area contributed by atoms with Crippen LogP contribution in [0.1, 0.15) is 11.4 Å². The van der Waals surface area contributed by atoms with Crippen molar-refractivity contribution in [2.24, 2.45) is 0 Å². The summed E-state index contributed by atoms with van der Waals surface area (Å²) in [6.07, 6.45) is 4.70. The molecule has 0 aliphatic rings.